The van der Waals surface area contributed by atoms with E-state index in [1.54, 1.807) is 11.0 Å². The second-order valence-corrected chi connectivity index (χ2v) is 7.31. The SMILES string of the molecule is Cc1ccn(-c2cc(N3CCN(C(=O)C4COc5ccccc5O4)CC3)ncn2)n1. The van der Waals surface area contributed by atoms with Gasteiger partial charge in [-0.1, -0.05) is 12.1 Å². The molecule has 0 aliphatic carbocycles. The molecule has 154 valence electrons. The van der Waals surface area contributed by atoms with Gasteiger partial charge in [0.25, 0.3) is 5.91 Å². The molecule has 9 heteroatoms. The van der Waals surface area contributed by atoms with E-state index in [1.165, 1.54) is 0 Å². The minimum absolute atomic E-state index is 0.0421. The van der Waals surface area contributed by atoms with Gasteiger partial charge >= 0.3 is 0 Å². The lowest BCUT2D eigenvalue weighted by Gasteiger charge is -2.37. The van der Waals surface area contributed by atoms with Crippen LogP contribution in [-0.2, 0) is 4.79 Å². The van der Waals surface area contributed by atoms with Crippen LogP contribution in [0.4, 0.5) is 5.82 Å². The molecule has 0 spiro atoms. The summed E-state index contributed by atoms with van der Waals surface area (Å²) in [5.74, 6) is 2.80. The van der Waals surface area contributed by atoms with Crippen LogP contribution in [-0.4, -0.2) is 69.4 Å². The van der Waals surface area contributed by atoms with Crippen molar-refractivity contribution < 1.29 is 14.3 Å². The summed E-state index contributed by atoms with van der Waals surface area (Å²) >= 11 is 0. The Morgan fingerprint density at radius 1 is 1.03 bits per heavy atom. The Morgan fingerprint density at radius 2 is 1.80 bits per heavy atom. The molecule has 2 aliphatic heterocycles. The van der Waals surface area contributed by atoms with Gasteiger partial charge < -0.3 is 19.3 Å². The van der Waals surface area contributed by atoms with Gasteiger partial charge in [-0.2, -0.15) is 5.10 Å². The minimum atomic E-state index is -0.611. The quantitative estimate of drug-likeness (QED) is 0.651. The molecule has 1 fully saturated rings. The van der Waals surface area contributed by atoms with E-state index < -0.39 is 6.10 Å². The van der Waals surface area contributed by atoms with E-state index in [2.05, 4.69) is 20.0 Å². The number of aromatic nitrogens is 4. The number of ether oxygens (including phenoxy) is 2. The van der Waals surface area contributed by atoms with Gasteiger partial charge in [0.05, 0.1) is 5.69 Å². The van der Waals surface area contributed by atoms with Gasteiger partial charge in [-0.15, -0.1) is 0 Å². The monoisotopic (exact) mass is 406 g/mol. The molecular weight excluding hydrogens is 384 g/mol. The van der Waals surface area contributed by atoms with Crippen LogP contribution in [0.5, 0.6) is 11.5 Å². The second-order valence-electron chi connectivity index (χ2n) is 7.31. The zero-order valence-corrected chi connectivity index (χ0v) is 16.6. The molecule has 3 aromatic rings. The topological polar surface area (TPSA) is 85.6 Å². The number of carbonyl (C=O) groups is 1. The number of amides is 1. The van der Waals surface area contributed by atoms with Crippen molar-refractivity contribution in [3.05, 3.63) is 54.6 Å². The average Bonchev–Trinajstić information content (AvgIpc) is 3.25. The van der Waals surface area contributed by atoms with Crippen LogP contribution >= 0.6 is 0 Å². The summed E-state index contributed by atoms with van der Waals surface area (Å²) in [7, 11) is 0. The zero-order chi connectivity index (χ0) is 20.5. The van der Waals surface area contributed by atoms with Crippen LogP contribution in [0, 0.1) is 6.92 Å². The number of rotatable bonds is 3. The maximum absolute atomic E-state index is 12.9. The standard InChI is InChI=1S/C21H22N6O3/c1-15-6-7-27(24-15)20-12-19(22-14-23-20)25-8-10-26(11-9-25)21(28)18-13-29-16-4-2-3-5-17(16)30-18/h2-7,12,14,18H,8-11,13H2,1H3. The van der Waals surface area contributed by atoms with Crippen molar-refractivity contribution in [2.75, 3.05) is 37.7 Å². The Balaban J connectivity index is 1.22. The van der Waals surface area contributed by atoms with E-state index in [0.717, 1.165) is 17.3 Å². The maximum atomic E-state index is 12.9. The Labute approximate surface area is 173 Å². The van der Waals surface area contributed by atoms with Crippen molar-refractivity contribution in [1.29, 1.82) is 0 Å². The molecule has 0 bridgehead atoms. The summed E-state index contributed by atoms with van der Waals surface area (Å²) in [5, 5.41) is 4.40. The highest BCUT2D eigenvalue weighted by Crippen LogP contribution is 2.31. The lowest BCUT2D eigenvalue weighted by Crippen LogP contribution is -2.54. The van der Waals surface area contributed by atoms with Gasteiger partial charge in [0.15, 0.2) is 17.3 Å². The van der Waals surface area contributed by atoms with E-state index in [1.807, 2.05) is 54.4 Å². The molecule has 1 unspecified atom stereocenters. The molecule has 0 radical (unpaired) electrons. The van der Waals surface area contributed by atoms with E-state index in [9.17, 15) is 4.79 Å². The fourth-order valence-electron chi connectivity index (χ4n) is 3.68. The van der Waals surface area contributed by atoms with Crippen molar-refractivity contribution in [3.8, 4) is 17.3 Å². The summed E-state index contributed by atoms with van der Waals surface area (Å²) < 4.78 is 13.3. The van der Waals surface area contributed by atoms with Crippen molar-refractivity contribution in [1.82, 2.24) is 24.6 Å². The molecule has 2 aliphatic rings. The molecule has 0 saturated carbocycles. The van der Waals surface area contributed by atoms with Crippen LogP contribution < -0.4 is 14.4 Å². The summed E-state index contributed by atoms with van der Waals surface area (Å²) in [6.45, 7) is 4.74. The molecule has 5 rings (SSSR count). The van der Waals surface area contributed by atoms with Gasteiger partial charge in [-0.05, 0) is 25.1 Å². The molecule has 1 atom stereocenters. The summed E-state index contributed by atoms with van der Waals surface area (Å²) in [6.07, 6.45) is 2.81. The predicted molar refractivity (Wildman–Crippen MR) is 109 cm³/mol. The Kier molecular flexibility index (Phi) is 4.70. The number of nitrogens with zero attached hydrogens (tertiary/aromatic N) is 6. The maximum Gasteiger partial charge on any atom is 0.267 e. The first-order chi connectivity index (χ1) is 14.7. The molecule has 4 heterocycles. The third-order valence-corrected chi connectivity index (χ3v) is 5.29. The highest BCUT2D eigenvalue weighted by Gasteiger charge is 2.32. The molecule has 0 N–H and O–H groups in total. The van der Waals surface area contributed by atoms with Gasteiger partial charge in [-0.3, -0.25) is 4.79 Å². The summed E-state index contributed by atoms with van der Waals surface area (Å²) in [6, 6.07) is 11.3. The smallest absolute Gasteiger partial charge is 0.267 e. The average molecular weight is 406 g/mol. The lowest BCUT2D eigenvalue weighted by molar-refractivity contribution is -0.141. The van der Waals surface area contributed by atoms with E-state index in [4.69, 9.17) is 9.47 Å². The van der Waals surface area contributed by atoms with Crippen LogP contribution in [0.1, 0.15) is 5.69 Å². The van der Waals surface area contributed by atoms with Crippen molar-refractivity contribution in [3.63, 3.8) is 0 Å². The van der Waals surface area contributed by atoms with Gasteiger partial charge in [0.1, 0.15) is 18.8 Å². The number of hydrogen-bond donors (Lipinski definition) is 0. The number of hydrogen-bond acceptors (Lipinski definition) is 7. The fraction of sp³-hybridized carbons (Fsp3) is 0.333. The third kappa shape index (κ3) is 3.54. The van der Waals surface area contributed by atoms with Crippen LogP contribution in [0.25, 0.3) is 5.82 Å². The number of piperazine rings is 1. The Morgan fingerprint density at radius 3 is 2.57 bits per heavy atom. The van der Waals surface area contributed by atoms with E-state index in [0.29, 0.717) is 37.7 Å². The fourth-order valence-corrected chi connectivity index (χ4v) is 3.68. The minimum Gasteiger partial charge on any atom is -0.485 e. The molecule has 2 aromatic heterocycles. The highest BCUT2D eigenvalue weighted by molar-refractivity contribution is 5.82. The molecule has 1 amide bonds. The lowest BCUT2D eigenvalue weighted by atomic mass is 10.2. The van der Waals surface area contributed by atoms with Crippen molar-refractivity contribution in [2.24, 2.45) is 0 Å². The summed E-state index contributed by atoms with van der Waals surface area (Å²) in [4.78, 5) is 25.6. The Bertz CT molecular complexity index is 1060. The molecular formula is C21H22N6O3. The second kappa shape index (κ2) is 7.66. The molecule has 30 heavy (non-hydrogen) atoms. The molecule has 1 aromatic carbocycles. The van der Waals surface area contributed by atoms with Crippen LogP contribution in [0.15, 0.2) is 48.9 Å². The van der Waals surface area contributed by atoms with Gasteiger partial charge in [0, 0.05) is 38.4 Å². The van der Waals surface area contributed by atoms with Crippen molar-refractivity contribution >= 4 is 11.7 Å². The molecule has 1 saturated heterocycles. The van der Waals surface area contributed by atoms with E-state index in [-0.39, 0.29) is 12.5 Å². The zero-order valence-electron chi connectivity index (χ0n) is 16.6. The van der Waals surface area contributed by atoms with Crippen molar-refractivity contribution in [2.45, 2.75) is 13.0 Å². The number of para-hydroxylation sites is 2. The first kappa shape index (κ1) is 18.4. The van der Waals surface area contributed by atoms with Crippen LogP contribution in [0.2, 0.25) is 0 Å². The van der Waals surface area contributed by atoms with Crippen LogP contribution in [0.3, 0.4) is 0 Å². The normalized spacial score (nSPS) is 18.4. The summed E-state index contributed by atoms with van der Waals surface area (Å²) in [5.41, 5.74) is 0.929. The number of benzene rings is 1. The largest absolute Gasteiger partial charge is 0.485 e. The van der Waals surface area contributed by atoms with Gasteiger partial charge in [-0.25, -0.2) is 14.6 Å². The molecule has 9 nitrogen and oxygen atoms in total. The highest BCUT2D eigenvalue weighted by atomic mass is 16.6. The number of anilines is 1. The third-order valence-electron chi connectivity index (χ3n) is 5.29. The Hall–Kier alpha value is -3.62. The first-order valence-electron chi connectivity index (χ1n) is 9.94. The number of aryl methyl sites for hydroxylation is 1. The number of carbonyl (C=O) groups excluding carboxylic acids is 1. The first-order valence-corrected chi connectivity index (χ1v) is 9.94. The van der Waals surface area contributed by atoms with Gasteiger partial charge in [0.2, 0.25) is 6.10 Å². The van der Waals surface area contributed by atoms with E-state index >= 15 is 0 Å². The predicted octanol–water partition coefficient (Wildman–Crippen LogP) is 1.46. The number of fused-ring (bicyclic) bond motifs is 1.